The van der Waals surface area contributed by atoms with Crippen LogP contribution in [0, 0.1) is 17.6 Å². The molecular weight excluding hydrogens is 330 g/mol. The fourth-order valence-corrected chi connectivity index (χ4v) is 2.85. The molecule has 1 N–H and O–H groups in total. The summed E-state index contributed by atoms with van der Waals surface area (Å²) in [6, 6.07) is 2.93. The van der Waals surface area contributed by atoms with E-state index < -0.39 is 17.5 Å². The zero-order chi connectivity index (χ0) is 18.2. The van der Waals surface area contributed by atoms with Crippen LogP contribution in [0.3, 0.4) is 0 Å². The molecule has 0 spiro atoms. The van der Waals surface area contributed by atoms with Gasteiger partial charge in [0.1, 0.15) is 11.6 Å². The van der Waals surface area contributed by atoms with Crippen LogP contribution in [0.5, 0.6) is 0 Å². The van der Waals surface area contributed by atoms with Crippen molar-refractivity contribution in [1.29, 1.82) is 0 Å². The highest BCUT2D eigenvalue weighted by molar-refractivity contribution is 5.94. The van der Waals surface area contributed by atoms with Crippen LogP contribution in [0.4, 0.5) is 8.78 Å². The van der Waals surface area contributed by atoms with Gasteiger partial charge >= 0.3 is 0 Å². The normalized spacial score (nSPS) is 15.2. The minimum atomic E-state index is -0.862. The molecular formula is C18H24F2N2O3. The Morgan fingerprint density at radius 2 is 2.00 bits per heavy atom. The minimum absolute atomic E-state index is 0.0171. The van der Waals surface area contributed by atoms with Gasteiger partial charge in [-0.15, -0.1) is 0 Å². The van der Waals surface area contributed by atoms with E-state index in [4.69, 9.17) is 4.74 Å². The van der Waals surface area contributed by atoms with Crippen molar-refractivity contribution in [2.45, 2.75) is 26.2 Å². The zero-order valence-electron chi connectivity index (χ0n) is 14.4. The second-order valence-corrected chi connectivity index (χ2v) is 6.03. The predicted molar refractivity (Wildman–Crippen MR) is 89.1 cm³/mol. The maximum Gasteiger partial charge on any atom is 0.256 e. The van der Waals surface area contributed by atoms with Crippen LogP contribution in [0.1, 0.15) is 36.5 Å². The van der Waals surface area contributed by atoms with E-state index in [1.54, 1.807) is 0 Å². The van der Waals surface area contributed by atoms with E-state index in [1.165, 1.54) is 4.90 Å². The molecule has 5 nitrogen and oxygen atoms in total. The highest BCUT2D eigenvalue weighted by atomic mass is 19.1. The molecule has 2 rings (SSSR count). The van der Waals surface area contributed by atoms with Crippen molar-refractivity contribution in [3.8, 4) is 0 Å². The maximum atomic E-state index is 13.7. The van der Waals surface area contributed by atoms with Crippen molar-refractivity contribution in [1.82, 2.24) is 10.2 Å². The molecule has 0 atom stereocenters. The van der Waals surface area contributed by atoms with Gasteiger partial charge in [-0.2, -0.15) is 0 Å². The SMILES string of the molecule is CCOCCCNC(=O)C1CCN(C(=O)c2ccc(F)cc2F)CC1. The fourth-order valence-electron chi connectivity index (χ4n) is 2.85. The minimum Gasteiger partial charge on any atom is -0.382 e. The van der Waals surface area contributed by atoms with Gasteiger partial charge in [-0.05, 0) is 38.3 Å². The van der Waals surface area contributed by atoms with Crippen LogP contribution >= 0.6 is 0 Å². The van der Waals surface area contributed by atoms with Gasteiger partial charge in [0.05, 0.1) is 5.56 Å². The number of halogens is 2. The Morgan fingerprint density at radius 1 is 1.28 bits per heavy atom. The highest BCUT2D eigenvalue weighted by Crippen LogP contribution is 2.20. The van der Waals surface area contributed by atoms with Gasteiger partial charge in [-0.1, -0.05) is 0 Å². The molecule has 0 radical (unpaired) electrons. The van der Waals surface area contributed by atoms with E-state index in [1.807, 2.05) is 6.92 Å². The maximum absolute atomic E-state index is 13.7. The number of piperidine rings is 1. The molecule has 1 aliphatic rings. The lowest BCUT2D eigenvalue weighted by molar-refractivity contribution is -0.126. The summed E-state index contributed by atoms with van der Waals surface area (Å²) < 4.78 is 31.9. The number of rotatable bonds is 7. The molecule has 25 heavy (non-hydrogen) atoms. The second-order valence-electron chi connectivity index (χ2n) is 6.03. The molecule has 1 saturated heterocycles. The lowest BCUT2D eigenvalue weighted by Gasteiger charge is -2.31. The average molecular weight is 354 g/mol. The molecule has 0 bridgehead atoms. The summed E-state index contributed by atoms with van der Waals surface area (Å²) in [4.78, 5) is 26.0. The second kappa shape index (κ2) is 9.46. The Bertz CT molecular complexity index is 602. The molecule has 1 aliphatic heterocycles. The monoisotopic (exact) mass is 354 g/mol. The molecule has 1 heterocycles. The molecule has 0 unspecified atom stereocenters. The topological polar surface area (TPSA) is 58.6 Å². The highest BCUT2D eigenvalue weighted by Gasteiger charge is 2.28. The number of benzene rings is 1. The van der Waals surface area contributed by atoms with Gasteiger partial charge in [0.15, 0.2) is 0 Å². The summed E-state index contributed by atoms with van der Waals surface area (Å²) in [6.45, 7) is 4.53. The smallest absolute Gasteiger partial charge is 0.256 e. The number of carbonyl (C=O) groups is 2. The van der Waals surface area contributed by atoms with Gasteiger partial charge in [0.2, 0.25) is 5.91 Å². The van der Waals surface area contributed by atoms with E-state index in [0.29, 0.717) is 51.8 Å². The van der Waals surface area contributed by atoms with Crippen molar-refractivity contribution in [3.05, 3.63) is 35.4 Å². The van der Waals surface area contributed by atoms with Gasteiger partial charge in [0.25, 0.3) is 5.91 Å². The standard InChI is InChI=1S/C18H24F2N2O3/c1-2-25-11-3-8-21-17(23)13-6-9-22(10-7-13)18(24)15-5-4-14(19)12-16(15)20/h4-5,12-13H,2-3,6-11H2,1H3,(H,21,23). The first kappa shape index (κ1) is 19.3. The van der Waals surface area contributed by atoms with Crippen LogP contribution in [0.15, 0.2) is 18.2 Å². The first-order chi connectivity index (χ1) is 12.0. The van der Waals surface area contributed by atoms with Crippen molar-refractivity contribution >= 4 is 11.8 Å². The van der Waals surface area contributed by atoms with Gasteiger partial charge in [-0.3, -0.25) is 9.59 Å². The molecule has 138 valence electrons. The lowest BCUT2D eigenvalue weighted by atomic mass is 9.95. The predicted octanol–water partition coefficient (Wildman–Crippen LogP) is 2.36. The third-order valence-corrected chi connectivity index (χ3v) is 4.28. The van der Waals surface area contributed by atoms with Gasteiger partial charge in [-0.25, -0.2) is 8.78 Å². The molecule has 1 aromatic carbocycles. The Balaban J connectivity index is 1.78. The molecule has 1 fully saturated rings. The van der Waals surface area contributed by atoms with E-state index >= 15 is 0 Å². The molecule has 1 aromatic rings. The number of ether oxygens (including phenoxy) is 1. The summed E-state index contributed by atoms with van der Waals surface area (Å²) in [5.74, 6) is -2.20. The number of hydrogen-bond acceptors (Lipinski definition) is 3. The third kappa shape index (κ3) is 5.49. The Hall–Kier alpha value is -2.02. The Kier molecular flexibility index (Phi) is 7.31. The van der Waals surface area contributed by atoms with Gasteiger partial charge < -0.3 is 15.0 Å². The van der Waals surface area contributed by atoms with E-state index in [9.17, 15) is 18.4 Å². The summed E-state index contributed by atoms with van der Waals surface area (Å²) in [5.41, 5.74) is -0.139. The number of amides is 2. The van der Waals surface area contributed by atoms with E-state index in [0.717, 1.165) is 18.6 Å². The lowest BCUT2D eigenvalue weighted by Crippen LogP contribution is -2.43. The van der Waals surface area contributed by atoms with E-state index in [2.05, 4.69) is 5.32 Å². The summed E-state index contributed by atoms with van der Waals surface area (Å²) in [6.07, 6.45) is 1.83. The molecule has 0 aromatic heterocycles. The average Bonchev–Trinajstić information content (AvgIpc) is 2.61. The van der Waals surface area contributed by atoms with Crippen LogP contribution in [-0.4, -0.2) is 49.6 Å². The van der Waals surface area contributed by atoms with Crippen LogP contribution in [0.2, 0.25) is 0 Å². The largest absolute Gasteiger partial charge is 0.382 e. The summed E-state index contributed by atoms with van der Waals surface area (Å²) in [5, 5.41) is 2.88. The molecule has 7 heteroatoms. The summed E-state index contributed by atoms with van der Waals surface area (Å²) >= 11 is 0. The Morgan fingerprint density at radius 3 is 2.64 bits per heavy atom. The molecule has 0 aliphatic carbocycles. The third-order valence-electron chi connectivity index (χ3n) is 4.28. The number of nitrogens with one attached hydrogen (secondary N) is 1. The van der Waals surface area contributed by atoms with Crippen molar-refractivity contribution < 1.29 is 23.1 Å². The van der Waals surface area contributed by atoms with Crippen LogP contribution in [0.25, 0.3) is 0 Å². The first-order valence-corrected chi connectivity index (χ1v) is 8.62. The fraction of sp³-hybridized carbons (Fsp3) is 0.556. The van der Waals surface area contributed by atoms with Gasteiger partial charge in [0, 0.05) is 44.8 Å². The van der Waals surface area contributed by atoms with E-state index in [-0.39, 0.29) is 17.4 Å². The van der Waals surface area contributed by atoms with Crippen LogP contribution in [-0.2, 0) is 9.53 Å². The quantitative estimate of drug-likeness (QED) is 0.765. The molecule has 0 saturated carbocycles. The Labute approximate surface area is 146 Å². The van der Waals surface area contributed by atoms with Crippen molar-refractivity contribution in [3.63, 3.8) is 0 Å². The summed E-state index contributed by atoms with van der Waals surface area (Å²) in [7, 11) is 0. The molecule has 2 amide bonds. The van der Waals surface area contributed by atoms with Crippen LogP contribution < -0.4 is 5.32 Å². The number of nitrogens with zero attached hydrogens (tertiary/aromatic N) is 1. The van der Waals surface area contributed by atoms with Crippen molar-refractivity contribution in [2.75, 3.05) is 32.8 Å². The number of likely N-dealkylation sites (tertiary alicyclic amines) is 1. The zero-order valence-corrected chi connectivity index (χ0v) is 14.4. The van der Waals surface area contributed by atoms with Crippen molar-refractivity contribution in [2.24, 2.45) is 5.92 Å². The first-order valence-electron chi connectivity index (χ1n) is 8.62. The number of hydrogen-bond donors (Lipinski definition) is 1. The number of carbonyl (C=O) groups excluding carboxylic acids is 2.